The van der Waals surface area contributed by atoms with Crippen LogP contribution in [-0.2, 0) is 6.42 Å². The van der Waals surface area contributed by atoms with E-state index in [1.807, 2.05) is 11.4 Å². The molecular weight excluding hydrogens is 288 g/mol. The molecule has 0 bridgehead atoms. The number of anilines is 1. The van der Waals surface area contributed by atoms with Crippen molar-refractivity contribution in [2.45, 2.75) is 12.5 Å². The van der Waals surface area contributed by atoms with Gasteiger partial charge in [-0.25, -0.2) is 0 Å². The van der Waals surface area contributed by atoms with Gasteiger partial charge in [0, 0.05) is 39.2 Å². The maximum Gasteiger partial charge on any atom is 0.0923 e. The molecule has 3 nitrogen and oxygen atoms in total. The van der Waals surface area contributed by atoms with E-state index in [4.69, 9.17) is 5.73 Å². The molecule has 0 saturated carbocycles. The fourth-order valence-electron chi connectivity index (χ4n) is 1.42. The molecular formula is C11H11BrN2OS. The first-order valence-corrected chi connectivity index (χ1v) is 6.44. The quantitative estimate of drug-likeness (QED) is 0.916. The van der Waals surface area contributed by atoms with Gasteiger partial charge in [0.2, 0.25) is 0 Å². The number of halogens is 1. The molecule has 84 valence electrons. The van der Waals surface area contributed by atoms with Crippen molar-refractivity contribution in [1.29, 1.82) is 0 Å². The third kappa shape index (κ3) is 2.61. The number of nitrogen functional groups attached to an aromatic ring is 1. The average Bonchev–Trinajstić information content (AvgIpc) is 2.68. The van der Waals surface area contributed by atoms with Gasteiger partial charge in [0.25, 0.3) is 0 Å². The van der Waals surface area contributed by atoms with Crippen LogP contribution in [0.4, 0.5) is 5.69 Å². The van der Waals surface area contributed by atoms with Crippen LogP contribution >= 0.6 is 27.3 Å². The summed E-state index contributed by atoms with van der Waals surface area (Å²) in [5.41, 5.74) is 7.34. The number of pyridine rings is 1. The zero-order valence-corrected chi connectivity index (χ0v) is 10.8. The second-order valence-electron chi connectivity index (χ2n) is 3.46. The molecule has 1 atom stereocenters. The van der Waals surface area contributed by atoms with E-state index < -0.39 is 6.10 Å². The fourth-order valence-corrected chi connectivity index (χ4v) is 2.85. The fraction of sp³-hybridized carbons (Fsp3) is 0.182. The van der Waals surface area contributed by atoms with Crippen molar-refractivity contribution in [3.05, 3.63) is 44.8 Å². The highest BCUT2D eigenvalue weighted by Crippen LogP contribution is 2.28. The summed E-state index contributed by atoms with van der Waals surface area (Å²) in [4.78, 5) is 4.93. The Kier molecular flexibility index (Phi) is 3.58. The number of rotatable bonds is 3. The highest BCUT2D eigenvalue weighted by molar-refractivity contribution is 9.10. The van der Waals surface area contributed by atoms with E-state index in [-0.39, 0.29) is 0 Å². The van der Waals surface area contributed by atoms with Crippen molar-refractivity contribution in [2.75, 3.05) is 5.73 Å². The number of thiophene rings is 1. The standard InChI is InChI=1S/C11H11BrN2OS/c12-8-4-11(16-6-8)10(15)3-7-5-14-2-1-9(7)13/h1-2,4-6,10,15H,3H2,(H2,13,14). The van der Waals surface area contributed by atoms with E-state index in [9.17, 15) is 5.11 Å². The van der Waals surface area contributed by atoms with Crippen LogP contribution in [0, 0.1) is 0 Å². The number of nitrogens with zero attached hydrogens (tertiary/aromatic N) is 1. The van der Waals surface area contributed by atoms with Crippen molar-refractivity contribution >= 4 is 33.0 Å². The Morgan fingerprint density at radius 2 is 2.38 bits per heavy atom. The first kappa shape index (κ1) is 11.6. The third-order valence-corrected chi connectivity index (χ3v) is 4.07. The van der Waals surface area contributed by atoms with Crippen LogP contribution in [-0.4, -0.2) is 10.1 Å². The summed E-state index contributed by atoms with van der Waals surface area (Å²) >= 11 is 4.89. The lowest BCUT2D eigenvalue weighted by molar-refractivity contribution is 0.182. The molecule has 2 heterocycles. The summed E-state index contributed by atoms with van der Waals surface area (Å²) < 4.78 is 0.991. The maximum absolute atomic E-state index is 10.0. The van der Waals surface area contributed by atoms with Gasteiger partial charge in [0.05, 0.1) is 6.10 Å². The lowest BCUT2D eigenvalue weighted by atomic mass is 10.1. The minimum Gasteiger partial charge on any atom is -0.398 e. The number of nitrogens with two attached hydrogens (primary N) is 1. The molecule has 2 aromatic heterocycles. The van der Waals surface area contributed by atoms with Gasteiger partial charge < -0.3 is 10.8 Å². The first-order valence-electron chi connectivity index (χ1n) is 4.77. The molecule has 0 aliphatic rings. The van der Waals surface area contributed by atoms with Crippen LogP contribution in [0.3, 0.4) is 0 Å². The number of aliphatic hydroxyl groups excluding tert-OH is 1. The predicted octanol–water partition coefficient (Wildman–Crippen LogP) is 2.76. The minimum absolute atomic E-state index is 0.493. The molecule has 0 fully saturated rings. The van der Waals surface area contributed by atoms with Crippen LogP contribution in [0.25, 0.3) is 0 Å². The van der Waals surface area contributed by atoms with Gasteiger partial charge in [0.1, 0.15) is 0 Å². The number of aliphatic hydroxyl groups is 1. The molecule has 0 saturated heterocycles. The van der Waals surface area contributed by atoms with Gasteiger partial charge in [-0.1, -0.05) is 0 Å². The van der Waals surface area contributed by atoms with E-state index in [0.29, 0.717) is 12.1 Å². The summed E-state index contributed by atoms with van der Waals surface area (Å²) in [5.74, 6) is 0. The molecule has 0 aromatic carbocycles. The third-order valence-electron chi connectivity index (χ3n) is 2.27. The Bertz CT molecular complexity index is 486. The van der Waals surface area contributed by atoms with Crippen LogP contribution in [0.1, 0.15) is 16.5 Å². The zero-order valence-electron chi connectivity index (χ0n) is 8.43. The Morgan fingerprint density at radius 3 is 3.00 bits per heavy atom. The van der Waals surface area contributed by atoms with Crippen LogP contribution < -0.4 is 5.73 Å². The van der Waals surface area contributed by atoms with Gasteiger partial charge in [-0.05, 0) is 33.6 Å². The van der Waals surface area contributed by atoms with Crippen molar-refractivity contribution in [3.8, 4) is 0 Å². The Hall–Kier alpha value is -0.910. The molecule has 0 aliphatic heterocycles. The number of hydrogen-bond donors (Lipinski definition) is 2. The van der Waals surface area contributed by atoms with Crippen molar-refractivity contribution in [2.24, 2.45) is 0 Å². The van der Waals surface area contributed by atoms with Crippen molar-refractivity contribution < 1.29 is 5.11 Å². The summed E-state index contributed by atoms with van der Waals surface area (Å²) in [5, 5.41) is 12.0. The monoisotopic (exact) mass is 298 g/mol. The average molecular weight is 299 g/mol. The summed E-state index contributed by atoms with van der Waals surface area (Å²) in [7, 11) is 0. The second-order valence-corrected chi connectivity index (χ2v) is 5.32. The molecule has 0 radical (unpaired) electrons. The molecule has 2 aromatic rings. The van der Waals surface area contributed by atoms with Crippen molar-refractivity contribution in [3.63, 3.8) is 0 Å². The molecule has 3 N–H and O–H groups in total. The molecule has 2 rings (SSSR count). The summed E-state index contributed by atoms with van der Waals surface area (Å²) in [6.07, 6.45) is 3.31. The van der Waals surface area contributed by atoms with E-state index in [1.165, 1.54) is 11.3 Å². The van der Waals surface area contributed by atoms with Gasteiger partial charge in [0.15, 0.2) is 0 Å². The van der Waals surface area contributed by atoms with Crippen LogP contribution in [0.2, 0.25) is 0 Å². The van der Waals surface area contributed by atoms with Gasteiger partial charge in [-0.15, -0.1) is 11.3 Å². The Morgan fingerprint density at radius 1 is 1.56 bits per heavy atom. The van der Waals surface area contributed by atoms with Crippen molar-refractivity contribution in [1.82, 2.24) is 4.98 Å². The lowest BCUT2D eigenvalue weighted by Gasteiger charge is -2.09. The van der Waals surface area contributed by atoms with E-state index >= 15 is 0 Å². The van der Waals surface area contributed by atoms with Gasteiger partial charge >= 0.3 is 0 Å². The summed E-state index contributed by atoms with van der Waals surface area (Å²) in [6.45, 7) is 0. The molecule has 0 spiro atoms. The van der Waals surface area contributed by atoms with E-state index in [0.717, 1.165) is 14.9 Å². The zero-order chi connectivity index (χ0) is 11.5. The smallest absolute Gasteiger partial charge is 0.0923 e. The molecule has 0 amide bonds. The van der Waals surface area contributed by atoms with Crippen LogP contribution in [0.5, 0.6) is 0 Å². The Labute approximate surface area is 106 Å². The molecule has 16 heavy (non-hydrogen) atoms. The predicted molar refractivity (Wildman–Crippen MR) is 69.3 cm³/mol. The van der Waals surface area contributed by atoms with Gasteiger partial charge in [-0.2, -0.15) is 0 Å². The normalized spacial score (nSPS) is 12.6. The topological polar surface area (TPSA) is 59.1 Å². The summed E-state index contributed by atoms with van der Waals surface area (Å²) in [6, 6.07) is 3.66. The molecule has 5 heteroatoms. The SMILES string of the molecule is Nc1ccncc1CC(O)c1cc(Br)cs1. The maximum atomic E-state index is 10.0. The number of hydrogen-bond acceptors (Lipinski definition) is 4. The number of aromatic nitrogens is 1. The highest BCUT2D eigenvalue weighted by atomic mass is 79.9. The first-order chi connectivity index (χ1) is 7.66. The molecule has 0 aliphatic carbocycles. The highest BCUT2D eigenvalue weighted by Gasteiger charge is 2.12. The largest absolute Gasteiger partial charge is 0.398 e. The minimum atomic E-state index is -0.525. The van der Waals surface area contributed by atoms with E-state index in [2.05, 4.69) is 20.9 Å². The second kappa shape index (κ2) is 4.95. The lowest BCUT2D eigenvalue weighted by Crippen LogP contribution is -2.03. The Balaban J connectivity index is 2.13. The van der Waals surface area contributed by atoms with E-state index in [1.54, 1.807) is 18.5 Å². The van der Waals surface area contributed by atoms with Crippen LogP contribution in [0.15, 0.2) is 34.4 Å². The van der Waals surface area contributed by atoms with Gasteiger partial charge in [-0.3, -0.25) is 4.98 Å². The molecule has 1 unspecified atom stereocenters.